The maximum Gasteiger partial charge on any atom is 0.514 e. The fraction of sp³-hybridized carbons (Fsp3) is 0.357. The monoisotopic (exact) mass is 234 g/mol. The summed E-state index contributed by atoms with van der Waals surface area (Å²) >= 11 is 0. The van der Waals surface area contributed by atoms with Gasteiger partial charge in [-0.3, -0.25) is 0 Å². The predicted octanol–water partition coefficient (Wildman–Crippen LogP) is 3.95. The van der Waals surface area contributed by atoms with Crippen LogP contribution in [0.5, 0.6) is 5.75 Å². The topological polar surface area (TPSA) is 35.5 Å². The average Bonchev–Trinajstić information content (AvgIpc) is 2.18. The highest BCUT2D eigenvalue weighted by molar-refractivity contribution is 5.65. The Balaban J connectivity index is 2.75. The van der Waals surface area contributed by atoms with E-state index >= 15 is 0 Å². The lowest BCUT2D eigenvalue weighted by molar-refractivity contribution is 0.0205. The van der Waals surface area contributed by atoms with Crippen molar-refractivity contribution in [2.75, 3.05) is 0 Å². The third-order valence-electron chi connectivity index (χ3n) is 2.02. The summed E-state index contributed by atoms with van der Waals surface area (Å²) < 4.78 is 10.2. The molecule has 0 spiro atoms. The number of benzene rings is 1. The number of hydrogen-bond donors (Lipinski definition) is 0. The van der Waals surface area contributed by atoms with Gasteiger partial charge in [0, 0.05) is 0 Å². The first kappa shape index (κ1) is 13.3. The van der Waals surface area contributed by atoms with Gasteiger partial charge in [0.25, 0.3) is 0 Å². The van der Waals surface area contributed by atoms with E-state index < -0.39 is 11.8 Å². The number of ether oxygens (including phenoxy) is 2. The van der Waals surface area contributed by atoms with Crippen LogP contribution in [0.3, 0.4) is 0 Å². The summed E-state index contributed by atoms with van der Waals surface area (Å²) in [7, 11) is 0. The lowest BCUT2D eigenvalue weighted by Gasteiger charge is -2.19. The van der Waals surface area contributed by atoms with Crippen molar-refractivity contribution >= 4 is 12.2 Å². The molecule has 3 nitrogen and oxygen atoms in total. The Morgan fingerprint density at radius 2 is 2.00 bits per heavy atom. The van der Waals surface area contributed by atoms with E-state index in [0.29, 0.717) is 5.75 Å². The zero-order valence-electron chi connectivity index (χ0n) is 10.7. The summed E-state index contributed by atoms with van der Waals surface area (Å²) in [5.41, 5.74) is 1.30. The molecule has 0 atom stereocenters. The van der Waals surface area contributed by atoms with Crippen molar-refractivity contribution in [1.29, 1.82) is 0 Å². The molecule has 0 N–H and O–H groups in total. The molecule has 92 valence electrons. The highest BCUT2D eigenvalue weighted by atomic mass is 16.7. The molecule has 0 fully saturated rings. The molecule has 0 amide bonds. The fourth-order valence-corrected chi connectivity index (χ4v) is 1.27. The van der Waals surface area contributed by atoms with E-state index in [0.717, 1.165) is 11.1 Å². The normalized spacial score (nSPS) is 10.8. The van der Waals surface area contributed by atoms with Gasteiger partial charge in [-0.05, 0) is 51.0 Å². The molecule has 0 aliphatic heterocycles. The Morgan fingerprint density at radius 3 is 2.47 bits per heavy atom. The number of carbonyl (C=O) groups is 1. The van der Waals surface area contributed by atoms with Crippen LogP contribution in [-0.4, -0.2) is 11.8 Å². The Hall–Kier alpha value is -1.77. The molecule has 0 aliphatic carbocycles. The van der Waals surface area contributed by atoms with Crippen molar-refractivity contribution in [2.45, 2.75) is 33.3 Å². The van der Waals surface area contributed by atoms with Gasteiger partial charge in [0.1, 0.15) is 11.4 Å². The van der Waals surface area contributed by atoms with Crippen LogP contribution in [0.2, 0.25) is 0 Å². The summed E-state index contributed by atoms with van der Waals surface area (Å²) in [4.78, 5) is 11.5. The fourth-order valence-electron chi connectivity index (χ4n) is 1.27. The summed E-state index contributed by atoms with van der Waals surface area (Å²) in [5.74, 6) is 0.504. The van der Waals surface area contributed by atoms with Gasteiger partial charge >= 0.3 is 6.16 Å². The van der Waals surface area contributed by atoms with Crippen LogP contribution in [0.1, 0.15) is 31.9 Å². The minimum absolute atomic E-state index is 0.504. The highest BCUT2D eigenvalue weighted by Crippen LogP contribution is 2.21. The predicted molar refractivity (Wildman–Crippen MR) is 68.1 cm³/mol. The molecule has 0 saturated carbocycles. The summed E-state index contributed by atoms with van der Waals surface area (Å²) in [5, 5.41) is 0. The molecular weight excluding hydrogens is 216 g/mol. The number of aryl methyl sites for hydroxylation is 1. The maximum atomic E-state index is 11.5. The van der Waals surface area contributed by atoms with Crippen molar-refractivity contribution in [3.63, 3.8) is 0 Å². The van der Waals surface area contributed by atoms with Gasteiger partial charge in [0.15, 0.2) is 0 Å². The van der Waals surface area contributed by atoms with Gasteiger partial charge < -0.3 is 9.47 Å². The van der Waals surface area contributed by atoms with E-state index in [1.807, 2.05) is 19.1 Å². The van der Waals surface area contributed by atoms with Gasteiger partial charge in [-0.1, -0.05) is 18.7 Å². The van der Waals surface area contributed by atoms with Gasteiger partial charge in [0.05, 0.1) is 0 Å². The average molecular weight is 234 g/mol. The van der Waals surface area contributed by atoms with Gasteiger partial charge in [-0.25, -0.2) is 4.79 Å². The van der Waals surface area contributed by atoms with Crippen LogP contribution in [0.4, 0.5) is 4.79 Å². The number of rotatable bonds is 2. The van der Waals surface area contributed by atoms with Crippen molar-refractivity contribution in [3.05, 3.63) is 35.9 Å². The molecule has 17 heavy (non-hydrogen) atoms. The molecule has 0 saturated heterocycles. The zero-order valence-corrected chi connectivity index (χ0v) is 10.7. The number of hydrogen-bond acceptors (Lipinski definition) is 3. The molecule has 1 rings (SSSR count). The summed E-state index contributed by atoms with van der Waals surface area (Å²) in [6.07, 6.45) is 1.05. The first-order valence-corrected chi connectivity index (χ1v) is 5.46. The van der Waals surface area contributed by atoms with Crippen LogP contribution >= 0.6 is 0 Å². The minimum atomic E-state index is -0.688. The summed E-state index contributed by atoms with van der Waals surface area (Å²) in [6.45, 7) is 10.9. The van der Waals surface area contributed by atoms with Gasteiger partial charge in [0.2, 0.25) is 0 Å². The maximum absolute atomic E-state index is 11.5. The SMILES string of the molecule is C=Cc1ccc(OC(=O)OC(C)(C)C)c(C)c1. The van der Waals surface area contributed by atoms with E-state index in [-0.39, 0.29) is 0 Å². The molecule has 0 unspecified atom stereocenters. The Bertz CT molecular complexity index is 428. The largest absolute Gasteiger partial charge is 0.514 e. The third-order valence-corrected chi connectivity index (χ3v) is 2.02. The Kier molecular flexibility index (Phi) is 3.94. The van der Waals surface area contributed by atoms with Crippen molar-refractivity contribution in [1.82, 2.24) is 0 Å². The van der Waals surface area contributed by atoms with E-state index in [4.69, 9.17) is 9.47 Å². The lowest BCUT2D eigenvalue weighted by Crippen LogP contribution is -2.26. The van der Waals surface area contributed by atoms with E-state index in [9.17, 15) is 4.79 Å². The van der Waals surface area contributed by atoms with Crippen molar-refractivity contribution in [3.8, 4) is 5.75 Å². The number of carbonyl (C=O) groups excluding carboxylic acids is 1. The van der Waals surface area contributed by atoms with Crippen LogP contribution < -0.4 is 4.74 Å². The molecule has 0 radical (unpaired) electrons. The first-order valence-electron chi connectivity index (χ1n) is 5.46. The van der Waals surface area contributed by atoms with E-state index in [1.165, 1.54) is 0 Å². The Labute approximate surface area is 102 Å². The second-order valence-corrected chi connectivity index (χ2v) is 4.80. The molecule has 0 aliphatic rings. The smallest absolute Gasteiger partial charge is 0.428 e. The molecule has 0 heterocycles. The van der Waals surface area contributed by atoms with E-state index in [1.54, 1.807) is 32.9 Å². The second-order valence-electron chi connectivity index (χ2n) is 4.80. The molecule has 0 aromatic heterocycles. The van der Waals surface area contributed by atoms with Crippen LogP contribution in [0.25, 0.3) is 6.08 Å². The molecule has 3 heteroatoms. The van der Waals surface area contributed by atoms with Crippen LogP contribution in [0.15, 0.2) is 24.8 Å². The van der Waals surface area contributed by atoms with Crippen molar-refractivity contribution < 1.29 is 14.3 Å². The summed E-state index contributed by atoms with van der Waals surface area (Å²) in [6, 6.07) is 5.46. The van der Waals surface area contributed by atoms with Crippen LogP contribution in [0, 0.1) is 6.92 Å². The third kappa shape index (κ3) is 4.31. The highest BCUT2D eigenvalue weighted by Gasteiger charge is 2.18. The Morgan fingerprint density at radius 1 is 1.35 bits per heavy atom. The second kappa shape index (κ2) is 5.04. The van der Waals surface area contributed by atoms with Crippen LogP contribution in [-0.2, 0) is 4.74 Å². The molecule has 1 aromatic rings. The first-order chi connectivity index (χ1) is 7.81. The van der Waals surface area contributed by atoms with E-state index in [2.05, 4.69) is 6.58 Å². The quantitative estimate of drug-likeness (QED) is 0.574. The molecule has 1 aromatic carbocycles. The van der Waals surface area contributed by atoms with Gasteiger partial charge in [-0.15, -0.1) is 0 Å². The molecular formula is C14H18O3. The lowest BCUT2D eigenvalue weighted by atomic mass is 10.1. The zero-order chi connectivity index (χ0) is 13.1. The van der Waals surface area contributed by atoms with Crippen molar-refractivity contribution in [2.24, 2.45) is 0 Å². The molecule has 0 bridgehead atoms. The standard InChI is InChI=1S/C14H18O3/c1-6-11-7-8-12(10(2)9-11)16-13(15)17-14(3,4)5/h6-9H,1H2,2-5H3. The minimum Gasteiger partial charge on any atom is -0.428 e. The van der Waals surface area contributed by atoms with Gasteiger partial charge in [-0.2, -0.15) is 0 Å².